The number of nitrogens with two attached hydrogens (primary N) is 1. The zero-order valence-electron chi connectivity index (χ0n) is 8.93. The molecular weight excluding hydrogens is 220 g/mol. The second-order valence-electron chi connectivity index (χ2n) is 3.42. The van der Waals surface area contributed by atoms with Crippen molar-refractivity contribution in [2.75, 3.05) is 5.73 Å². The Labute approximate surface area is 99.1 Å². The highest BCUT2D eigenvalue weighted by Gasteiger charge is 2.04. The third-order valence-corrected chi connectivity index (χ3v) is 2.10. The van der Waals surface area contributed by atoms with E-state index < -0.39 is 5.82 Å². The predicted molar refractivity (Wildman–Crippen MR) is 62.6 cm³/mol. The lowest BCUT2D eigenvalue weighted by Crippen LogP contribution is -2.05. The van der Waals surface area contributed by atoms with E-state index in [1.807, 2.05) is 12.1 Å². The Morgan fingerprint density at radius 3 is 2.65 bits per heavy atom. The Bertz CT molecular complexity index is 519. The minimum atomic E-state index is -0.662. The van der Waals surface area contributed by atoms with E-state index in [-0.39, 0.29) is 18.4 Å². The average molecular weight is 229 g/mol. The van der Waals surface area contributed by atoms with Gasteiger partial charge in [0.05, 0.1) is 6.20 Å². The minimum absolute atomic E-state index is 0.0423. The average Bonchev–Trinajstić information content (AvgIpc) is 2.33. The molecule has 0 bridgehead atoms. The summed E-state index contributed by atoms with van der Waals surface area (Å²) in [6.07, 6.45) is 0.973. The van der Waals surface area contributed by atoms with Gasteiger partial charge in [-0.25, -0.2) is 9.37 Å². The van der Waals surface area contributed by atoms with Crippen molar-refractivity contribution in [1.29, 1.82) is 0 Å². The van der Waals surface area contributed by atoms with Crippen molar-refractivity contribution < 1.29 is 9.13 Å². The Morgan fingerprint density at radius 2 is 2.00 bits per heavy atom. The van der Waals surface area contributed by atoms with Gasteiger partial charge >= 0.3 is 6.01 Å². The van der Waals surface area contributed by atoms with E-state index in [0.29, 0.717) is 5.46 Å². The van der Waals surface area contributed by atoms with Crippen LogP contribution in [0.2, 0.25) is 0 Å². The first-order valence-electron chi connectivity index (χ1n) is 4.90. The van der Waals surface area contributed by atoms with Crippen molar-refractivity contribution in [2.24, 2.45) is 0 Å². The first-order valence-corrected chi connectivity index (χ1v) is 4.90. The molecule has 17 heavy (non-hydrogen) atoms. The van der Waals surface area contributed by atoms with Gasteiger partial charge in [0.1, 0.15) is 14.5 Å². The number of benzene rings is 1. The highest BCUT2D eigenvalue weighted by Crippen LogP contribution is 2.10. The second-order valence-corrected chi connectivity index (χ2v) is 3.42. The molecule has 0 atom stereocenters. The first-order chi connectivity index (χ1) is 8.15. The number of hydrogen-bond acceptors (Lipinski definition) is 4. The molecule has 0 saturated carbocycles. The molecule has 2 N–H and O–H groups in total. The number of aromatic nitrogens is 2. The smallest absolute Gasteiger partial charge is 0.318 e. The maximum atomic E-state index is 12.8. The van der Waals surface area contributed by atoms with Gasteiger partial charge in [0.2, 0.25) is 0 Å². The van der Waals surface area contributed by atoms with Gasteiger partial charge in [-0.15, -0.1) is 0 Å². The SMILES string of the molecule is [B]c1ccc(COc2ncc(F)c(N)n2)cc1. The summed E-state index contributed by atoms with van der Waals surface area (Å²) in [6, 6.07) is 7.21. The Balaban J connectivity index is 2.02. The van der Waals surface area contributed by atoms with Crippen LogP contribution < -0.4 is 15.9 Å². The van der Waals surface area contributed by atoms with E-state index in [2.05, 4.69) is 9.97 Å². The Kier molecular flexibility index (Phi) is 3.23. The number of nitrogens with zero attached hydrogens (tertiary/aromatic N) is 2. The normalized spacial score (nSPS) is 10.2. The molecule has 2 radical (unpaired) electrons. The third-order valence-electron chi connectivity index (χ3n) is 2.10. The lowest BCUT2D eigenvalue weighted by Gasteiger charge is -2.05. The molecule has 0 unspecified atom stereocenters. The Morgan fingerprint density at radius 1 is 1.29 bits per heavy atom. The number of ether oxygens (including phenoxy) is 1. The van der Waals surface area contributed by atoms with Gasteiger partial charge in [-0.3, -0.25) is 0 Å². The number of halogens is 1. The molecule has 84 valence electrons. The van der Waals surface area contributed by atoms with Crippen molar-refractivity contribution in [3.8, 4) is 6.01 Å². The van der Waals surface area contributed by atoms with Gasteiger partial charge in [0.15, 0.2) is 11.6 Å². The number of rotatable bonds is 3. The van der Waals surface area contributed by atoms with Crippen LogP contribution in [0.4, 0.5) is 10.2 Å². The molecule has 0 saturated heterocycles. The summed E-state index contributed by atoms with van der Waals surface area (Å²) < 4.78 is 18.0. The van der Waals surface area contributed by atoms with Gasteiger partial charge in [0, 0.05) is 0 Å². The van der Waals surface area contributed by atoms with Gasteiger partial charge in [0.25, 0.3) is 0 Å². The lowest BCUT2D eigenvalue weighted by atomic mass is 9.95. The van der Waals surface area contributed by atoms with Gasteiger partial charge < -0.3 is 10.5 Å². The fourth-order valence-corrected chi connectivity index (χ4v) is 1.19. The minimum Gasteiger partial charge on any atom is -0.459 e. The van der Waals surface area contributed by atoms with Crippen LogP contribution in [0.15, 0.2) is 30.5 Å². The highest BCUT2D eigenvalue weighted by atomic mass is 19.1. The Hall–Kier alpha value is -2.11. The van der Waals surface area contributed by atoms with Crippen LogP contribution in [0.1, 0.15) is 5.56 Å². The summed E-state index contributed by atoms with van der Waals surface area (Å²) >= 11 is 0. The fourth-order valence-electron chi connectivity index (χ4n) is 1.19. The molecule has 1 heterocycles. The van der Waals surface area contributed by atoms with Gasteiger partial charge in [-0.05, 0) is 5.56 Å². The second kappa shape index (κ2) is 4.82. The molecule has 2 aromatic rings. The topological polar surface area (TPSA) is 61.0 Å². The lowest BCUT2D eigenvalue weighted by molar-refractivity contribution is 0.280. The van der Waals surface area contributed by atoms with E-state index in [0.717, 1.165) is 11.8 Å². The molecule has 0 amide bonds. The first kappa shape index (κ1) is 11.4. The summed E-state index contributed by atoms with van der Waals surface area (Å²) in [5.41, 5.74) is 6.87. The van der Waals surface area contributed by atoms with Crippen LogP contribution in [0.3, 0.4) is 0 Å². The standard InChI is InChI=1S/C11H9BFN3O/c12-8-3-1-7(2-4-8)6-17-11-15-5-9(13)10(14)16-11/h1-5H,6H2,(H2,14,15,16). The van der Waals surface area contributed by atoms with Crippen LogP contribution in [-0.4, -0.2) is 17.8 Å². The predicted octanol–water partition coefficient (Wildman–Crippen LogP) is 0.571. The van der Waals surface area contributed by atoms with Crippen LogP contribution in [0.5, 0.6) is 6.01 Å². The zero-order valence-corrected chi connectivity index (χ0v) is 8.93. The third kappa shape index (κ3) is 2.93. The highest BCUT2D eigenvalue weighted by molar-refractivity contribution is 6.32. The van der Waals surface area contributed by atoms with Crippen LogP contribution in [0.25, 0.3) is 0 Å². The van der Waals surface area contributed by atoms with Crippen molar-refractivity contribution >= 4 is 19.1 Å². The van der Waals surface area contributed by atoms with Gasteiger partial charge in [-0.2, -0.15) is 4.98 Å². The maximum absolute atomic E-state index is 12.8. The van der Waals surface area contributed by atoms with Crippen molar-refractivity contribution in [3.63, 3.8) is 0 Å². The summed E-state index contributed by atoms with van der Waals surface area (Å²) in [5, 5.41) is 0. The maximum Gasteiger partial charge on any atom is 0.318 e. The van der Waals surface area contributed by atoms with Crippen molar-refractivity contribution in [2.45, 2.75) is 6.61 Å². The van der Waals surface area contributed by atoms with Crippen LogP contribution in [0, 0.1) is 5.82 Å². The fraction of sp³-hybridized carbons (Fsp3) is 0.0909. The quantitative estimate of drug-likeness (QED) is 0.781. The van der Waals surface area contributed by atoms with Crippen molar-refractivity contribution in [3.05, 3.63) is 41.8 Å². The molecule has 4 nitrogen and oxygen atoms in total. The summed E-state index contributed by atoms with van der Waals surface area (Å²) in [6.45, 7) is 0.269. The summed E-state index contributed by atoms with van der Waals surface area (Å²) in [7, 11) is 5.55. The molecule has 0 aliphatic carbocycles. The monoisotopic (exact) mass is 229 g/mol. The van der Waals surface area contributed by atoms with E-state index in [9.17, 15) is 4.39 Å². The van der Waals surface area contributed by atoms with Crippen molar-refractivity contribution in [1.82, 2.24) is 9.97 Å². The molecule has 0 spiro atoms. The van der Waals surface area contributed by atoms with E-state index in [1.165, 1.54) is 0 Å². The molecule has 0 fully saturated rings. The molecule has 2 rings (SSSR count). The zero-order chi connectivity index (χ0) is 12.3. The van der Waals surface area contributed by atoms with E-state index >= 15 is 0 Å². The van der Waals surface area contributed by atoms with Crippen LogP contribution in [-0.2, 0) is 6.61 Å². The summed E-state index contributed by atoms with van der Waals surface area (Å²) in [5.74, 6) is -0.892. The molecular formula is C11H9BFN3O. The largest absolute Gasteiger partial charge is 0.459 e. The molecule has 0 aliphatic rings. The molecule has 6 heteroatoms. The molecule has 0 aliphatic heterocycles. The van der Waals surface area contributed by atoms with Gasteiger partial charge in [-0.1, -0.05) is 29.7 Å². The number of nitrogen functional groups attached to an aromatic ring is 1. The van der Waals surface area contributed by atoms with E-state index in [1.54, 1.807) is 12.1 Å². The summed E-state index contributed by atoms with van der Waals surface area (Å²) in [4.78, 5) is 7.31. The molecule has 1 aromatic carbocycles. The molecule has 1 aromatic heterocycles. The number of anilines is 1. The number of hydrogen-bond donors (Lipinski definition) is 1. The van der Waals surface area contributed by atoms with Crippen LogP contribution >= 0.6 is 0 Å². The van der Waals surface area contributed by atoms with E-state index in [4.69, 9.17) is 18.3 Å².